The topological polar surface area (TPSA) is 65.5 Å². The fourth-order valence-electron chi connectivity index (χ4n) is 4.30. The van der Waals surface area contributed by atoms with Gasteiger partial charge in [-0.05, 0) is 74.3 Å². The molecule has 0 aromatic heterocycles. The van der Waals surface area contributed by atoms with Gasteiger partial charge in [0.2, 0.25) is 0 Å². The Morgan fingerprint density at radius 2 is 2.12 bits per heavy atom. The maximum Gasteiger partial charge on any atom is 0.284 e. The molecule has 1 saturated heterocycles. The molecule has 2 aliphatic carbocycles. The van der Waals surface area contributed by atoms with E-state index in [1.165, 1.54) is 47.1 Å². The largest absolute Gasteiger partial charge is 0.342 e. The van der Waals surface area contributed by atoms with Crippen molar-refractivity contribution in [1.82, 2.24) is 16.0 Å². The molecular weight excluding hydrogens is 364 g/mol. The molecule has 0 aromatic carbocycles. The number of carbonyl (C=O) groups is 1. The summed E-state index contributed by atoms with van der Waals surface area (Å²) in [6.45, 7) is 4.30. The average Bonchev–Trinajstić information content (AvgIpc) is 3.06. The molecule has 3 heterocycles. The zero-order valence-electron chi connectivity index (χ0n) is 14.9. The summed E-state index contributed by atoms with van der Waals surface area (Å²) >= 11 is 3.22. The van der Waals surface area contributed by atoms with Gasteiger partial charge in [0.05, 0.1) is 11.9 Å². The lowest BCUT2D eigenvalue weighted by molar-refractivity contribution is 0.256. The molecule has 3 aliphatic heterocycles. The van der Waals surface area contributed by atoms with Crippen LogP contribution in [-0.2, 0) is 0 Å². The van der Waals surface area contributed by atoms with E-state index in [4.69, 9.17) is 4.99 Å². The van der Waals surface area contributed by atoms with E-state index in [1.807, 2.05) is 18.1 Å². The Kier molecular flexibility index (Phi) is 3.63. The molecular formula is C19H22N4OS2. The van der Waals surface area contributed by atoms with Gasteiger partial charge < -0.3 is 16.0 Å². The minimum atomic E-state index is -0.247. The zero-order valence-corrected chi connectivity index (χ0v) is 16.6. The molecule has 1 amide bonds. The molecule has 3 N–H and O–H groups in total. The third-order valence-electron chi connectivity index (χ3n) is 5.69. The van der Waals surface area contributed by atoms with Crippen molar-refractivity contribution in [2.45, 2.75) is 56.4 Å². The number of allylic oxidation sites excluding steroid dienone is 2. The van der Waals surface area contributed by atoms with E-state index in [2.05, 4.69) is 41.9 Å². The number of amides is 1. The standard InChI is InChI=1S/C19H22N4OS2/c1-18-8-7-11(9-14(18)25-17(24)23-18)22-16-15-12-5-3-4-6-13(12)26-19(15,2)21-10-20-16/h7,9-10,22H,3-6,8H2,1-2H3,(H,20,21)(H,23,24). The van der Waals surface area contributed by atoms with Crippen molar-refractivity contribution < 1.29 is 4.79 Å². The molecule has 0 radical (unpaired) electrons. The summed E-state index contributed by atoms with van der Waals surface area (Å²) in [6, 6.07) is 0. The maximum absolute atomic E-state index is 11.8. The lowest BCUT2D eigenvalue weighted by atomic mass is 9.89. The smallest absolute Gasteiger partial charge is 0.284 e. The van der Waals surface area contributed by atoms with E-state index < -0.39 is 0 Å². The van der Waals surface area contributed by atoms with E-state index >= 15 is 0 Å². The number of nitrogens with zero attached hydrogens (tertiary/aromatic N) is 1. The van der Waals surface area contributed by atoms with E-state index in [1.54, 1.807) is 0 Å². The number of fused-ring (bicyclic) bond motifs is 3. The van der Waals surface area contributed by atoms with Crippen LogP contribution in [0.5, 0.6) is 0 Å². The van der Waals surface area contributed by atoms with Crippen LogP contribution in [0.1, 0.15) is 46.0 Å². The Bertz CT molecular complexity index is 869. The molecule has 5 aliphatic rings. The van der Waals surface area contributed by atoms with Crippen LogP contribution < -0.4 is 16.0 Å². The van der Waals surface area contributed by atoms with Gasteiger partial charge in [-0.2, -0.15) is 0 Å². The first-order valence-corrected chi connectivity index (χ1v) is 10.8. The fraction of sp³-hybridized carbons (Fsp3) is 0.474. The molecule has 5 nitrogen and oxygen atoms in total. The molecule has 2 unspecified atom stereocenters. The van der Waals surface area contributed by atoms with E-state index in [0.717, 1.165) is 29.3 Å². The molecule has 7 heteroatoms. The van der Waals surface area contributed by atoms with E-state index in [9.17, 15) is 4.79 Å². The first-order chi connectivity index (χ1) is 12.5. The number of rotatable bonds is 2. The van der Waals surface area contributed by atoms with Crippen LogP contribution in [0.15, 0.2) is 49.6 Å². The second-order valence-corrected chi connectivity index (χ2v) is 10.2. The van der Waals surface area contributed by atoms with Crippen LogP contribution in [0.25, 0.3) is 0 Å². The Morgan fingerprint density at radius 1 is 1.27 bits per heavy atom. The second kappa shape index (κ2) is 5.70. The van der Waals surface area contributed by atoms with Gasteiger partial charge in [-0.25, -0.2) is 0 Å². The van der Waals surface area contributed by atoms with Gasteiger partial charge in [-0.15, -0.1) is 0 Å². The molecule has 0 aromatic rings. The normalized spacial score (nSPS) is 35.2. The monoisotopic (exact) mass is 386 g/mol. The van der Waals surface area contributed by atoms with E-state index in [0.29, 0.717) is 0 Å². The lowest BCUT2D eigenvalue weighted by Crippen LogP contribution is -2.41. The Labute approximate surface area is 161 Å². The first kappa shape index (κ1) is 16.6. The molecule has 5 rings (SSSR count). The summed E-state index contributed by atoms with van der Waals surface area (Å²) in [6.07, 6.45) is 11.7. The quantitative estimate of drug-likeness (QED) is 0.667. The third-order valence-corrected chi connectivity index (χ3v) is 8.16. The van der Waals surface area contributed by atoms with Gasteiger partial charge in [0, 0.05) is 16.2 Å². The van der Waals surface area contributed by atoms with Crippen molar-refractivity contribution in [2.24, 2.45) is 4.99 Å². The molecule has 1 fully saturated rings. The highest BCUT2D eigenvalue weighted by Gasteiger charge is 2.45. The van der Waals surface area contributed by atoms with Crippen molar-refractivity contribution in [3.05, 3.63) is 44.6 Å². The summed E-state index contributed by atoms with van der Waals surface area (Å²) in [7, 11) is 0. The maximum atomic E-state index is 11.8. The van der Waals surface area contributed by atoms with Crippen LogP contribution in [-0.4, -0.2) is 22.0 Å². The summed E-state index contributed by atoms with van der Waals surface area (Å²) in [4.78, 5) is 18.9. The van der Waals surface area contributed by atoms with Gasteiger partial charge in [-0.3, -0.25) is 9.79 Å². The number of hydrogen-bond donors (Lipinski definition) is 3. The van der Waals surface area contributed by atoms with E-state index in [-0.39, 0.29) is 15.6 Å². The molecule has 0 bridgehead atoms. The minimum absolute atomic E-state index is 0.0372. The molecule has 136 valence electrons. The fourth-order valence-corrected chi connectivity index (χ4v) is 6.81. The minimum Gasteiger partial charge on any atom is -0.342 e. The van der Waals surface area contributed by atoms with Crippen molar-refractivity contribution >= 4 is 35.1 Å². The van der Waals surface area contributed by atoms with Gasteiger partial charge in [0.15, 0.2) is 0 Å². The second-order valence-electron chi connectivity index (χ2n) is 7.69. The van der Waals surface area contributed by atoms with Crippen molar-refractivity contribution in [3.63, 3.8) is 0 Å². The first-order valence-electron chi connectivity index (χ1n) is 9.13. The van der Waals surface area contributed by atoms with Crippen molar-refractivity contribution in [3.8, 4) is 0 Å². The number of carbonyl (C=O) groups excluding carboxylic acids is 1. The zero-order chi connectivity index (χ0) is 17.9. The average molecular weight is 387 g/mol. The van der Waals surface area contributed by atoms with Crippen LogP contribution in [0.2, 0.25) is 0 Å². The molecule has 0 spiro atoms. The van der Waals surface area contributed by atoms with Gasteiger partial charge in [0.1, 0.15) is 10.7 Å². The number of thioether (sulfide) groups is 2. The van der Waals surface area contributed by atoms with Crippen LogP contribution in [0.4, 0.5) is 4.79 Å². The Hall–Kier alpha value is -1.60. The van der Waals surface area contributed by atoms with Gasteiger partial charge >= 0.3 is 0 Å². The van der Waals surface area contributed by atoms with Crippen LogP contribution >= 0.6 is 23.5 Å². The Morgan fingerprint density at radius 3 is 3.00 bits per heavy atom. The predicted molar refractivity (Wildman–Crippen MR) is 109 cm³/mol. The number of nitrogens with one attached hydrogen (secondary N) is 3. The predicted octanol–water partition coefficient (Wildman–Crippen LogP) is 4.10. The van der Waals surface area contributed by atoms with Crippen molar-refractivity contribution in [1.29, 1.82) is 0 Å². The summed E-state index contributed by atoms with van der Waals surface area (Å²) in [5.74, 6) is 1.04. The Balaban J connectivity index is 1.49. The van der Waals surface area contributed by atoms with Crippen LogP contribution in [0, 0.1) is 0 Å². The highest BCUT2D eigenvalue weighted by Crippen LogP contribution is 2.56. The SMILES string of the molecule is CC12CC=C(NC3=C4C5=C(CCCC5)SC4(C)N=CN3)C=C1SC(=O)N2. The number of aliphatic imine (C=N–C) groups is 1. The van der Waals surface area contributed by atoms with Crippen molar-refractivity contribution in [2.75, 3.05) is 0 Å². The molecule has 26 heavy (non-hydrogen) atoms. The molecule has 2 atom stereocenters. The van der Waals surface area contributed by atoms with Gasteiger partial charge in [0.25, 0.3) is 5.24 Å². The highest BCUT2D eigenvalue weighted by molar-refractivity contribution is 8.17. The molecule has 0 saturated carbocycles. The number of hydrogen-bond acceptors (Lipinski definition) is 6. The summed E-state index contributed by atoms with van der Waals surface area (Å²) < 4.78 is 0. The highest BCUT2D eigenvalue weighted by atomic mass is 32.2. The van der Waals surface area contributed by atoms with Crippen LogP contribution in [0.3, 0.4) is 0 Å². The third kappa shape index (κ3) is 2.47. The summed E-state index contributed by atoms with van der Waals surface area (Å²) in [5, 5.41) is 10.0. The lowest BCUT2D eigenvalue weighted by Gasteiger charge is -2.31. The summed E-state index contributed by atoms with van der Waals surface area (Å²) in [5.41, 5.74) is 3.59. The van der Waals surface area contributed by atoms with Gasteiger partial charge in [-0.1, -0.05) is 17.8 Å².